The van der Waals surface area contributed by atoms with Crippen LogP contribution >= 0.6 is 0 Å². The largest absolute Gasteiger partial charge is 0.435 e. The van der Waals surface area contributed by atoms with E-state index in [1.165, 1.54) is 7.05 Å². The lowest BCUT2D eigenvalue weighted by atomic mass is 10.2. The summed E-state index contributed by atoms with van der Waals surface area (Å²) < 4.78 is 44.1. The number of rotatable bonds is 3. The molecule has 1 aliphatic heterocycles. The van der Waals surface area contributed by atoms with Crippen molar-refractivity contribution in [3.05, 3.63) is 35.6 Å². The van der Waals surface area contributed by atoms with E-state index in [4.69, 9.17) is 4.74 Å². The number of carbonyl (C=O) groups excluding carboxylic acids is 1. The van der Waals surface area contributed by atoms with Crippen molar-refractivity contribution in [2.24, 2.45) is 7.05 Å². The number of hydrogen-bond acceptors (Lipinski definition) is 4. The highest BCUT2D eigenvalue weighted by Crippen LogP contribution is 2.29. The molecule has 0 bridgehead atoms. The van der Waals surface area contributed by atoms with Gasteiger partial charge >= 0.3 is 6.18 Å². The quantitative estimate of drug-likeness (QED) is 0.903. The minimum absolute atomic E-state index is 0.151. The van der Waals surface area contributed by atoms with Gasteiger partial charge in [0.1, 0.15) is 5.69 Å². The normalized spacial score (nSPS) is 18.3. The van der Waals surface area contributed by atoms with Crippen molar-refractivity contribution >= 4 is 11.7 Å². The molecule has 0 spiro atoms. The number of nitrogens with one attached hydrogen (secondary N) is 2. The molecule has 1 aliphatic rings. The average molecular weight is 328 g/mol. The molecule has 0 aliphatic carbocycles. The molecule has 2 aromatic rings. The zero-order valence-electron chi connectivity index (χ0n) is 12.0. The van der Waals surface area contributed by atoms with E-state index in [-0.39, 0.29) is 17.6 Å². The Morgan fingerprint density at radius 3 is 2.87 bits per heavy atom. The molecule has 10 heteroatoms. The molecule has 1 amide bonds. The van der Waals surface area contributed by atoms with Gasteiger partial charge in [-0.25, -0.2) is 0 Å². The molecule has 7 nitrogen and oxygen atoms in total. The second-order valence-electron chi connectivity index (χ2n) is 5.05. The van der Waals surface area contributed by atoms with Gasteiger partial charge in [-0.2, -0.15) is 23.4 Å². The van der Waals surface area contributed by atoms with Crippen LogP contribution in [0.15, 0.2) is 12.1 Å². The van der Waals surface area contributed by atoms with E-state index in [0.29, 0.717) is 18.4 Å². The van der Waals surface area contributed by atoms with Gasteiger partial charge in [0, 0.05) is 19.2 Å². The van der Waals surface area contributed by atoms with Gasteiger partial charge in [-0.15, -0.1) is 0 Å². The Kier molecular flexibility index (Phi) is 3.84. The zero-order valence-corrected chi connectivity index (χ0v) is 12.0. The lowest BCUT2D eigenvalue weighted by Crippen LogP contribution is -2.16. The third-order valence-electron chi connectivity index (χ3n) is 3.39. The molecule has 2 N–H and O–H groups in total. The van der Waals surface area contributed by atoms with Crippen LogP contribution in [-0.4, -0.2) is 32.5 Å². The minimum atomic E-state index is -4.61. The van der Waals surface area contributed by atoms with Crippen LogP contribution < -0.4 is 5.32 Å². The molecule has 2 aromatic heterocycles. The maximum absolute atomic E-state index is 12.6. The molecule has 0 aromatic carbocycles. The average Bonchev–Trinajstić information content (AvgIpc) is 3.15. The maximum Gasteiger partial charge on any atom is 0.435 e. The van der Waals surface area contributed by atoms with Gasteiger partial charge < -0.3 is 10.1 Å². The van der Waals surface area contributed by atoms with Crippen molar-refractivity contribution in [2.45, 2.75) is 18.7 Å². The molecular formula is C13H13F3N5O2. The Labute approximate surface area is 128 Å². The standard InChI is InChI=1S/C13H13F3N5O2/c1-21-8(6-10(20-21)13(14,15)16)12(22)17-11-5-7(18-19-11)9-3-2-4-23-9/h2,5-6,9H,3-4H2,1H3,(H2,17,18,19,22)/t9-/m1/s1. The van der Waals surface area contributed by atoms with Crippen LogP contribution in [0.25, 0.3) is 0 Å². The SMILES string of the molecule is Cn1nc(C(F)(F)F)cc1C(=O)Nc1cc([C@H]2C[CH]CO2)[nH]n1. The van der Waals surface area contributed by atoms with E-state index in [9.17, 15) is 18.0 Å². The first kappa shape index (κ1) is 15.5. The summed E-state index contributed by atoms with van der Waals surface area (Å²) in [6, 6.07) is 2.28. The number of aromatic nitrogens is 4. The van der Waals surface area contributed by atoms with Gasteiger partial charge in [0.05, 0.1) is 18.4 Å². The molecule has 123 valence electrons. The first-order chi connectivity index (χ1) is 10.8. The second-order valence-corrected chi connectivity index (χ2v) is 5.05. The summed E-state index contributed by atoms with van der Waals surface area (Å²) in [5.41, 5.74) is -0.648. The fourth-order valence-corrected chi connectivity index (χ4v) is 2.25. The Morgan fingerprint density at radius 1 is 1.48 bits per heavy atom. The predicted molar refractivity (Wildman–Crippen MR) is 72.4 cm³/mol. The minimum Gasteiger partial charge on any atom is -0.372 e. The summed E-state index contributed by atoms with van der Waals surface area (Å²) >= 11 is 0. The number of ether oxygens (including phenoxy) is 1. The molecule has 23 heavy (non-hydrogen) atoms. The Hall–Kier alpha value is -2.36. The molecule has 0 unspecified atom stereocenters. The number of aromatic amines is 1. The van der Waals surface area contributed by atoms with Gasteiger partial charge in [-0.1, -0.05) is 0 Å². The van der Waals surface area contributed by atoms with E-state index >= 15 is 0 Å². The van der Waals surface area contributed by atoms with E-state index < -0.39 is 17.8 Å². The number of aryl methyl sites for hydroxylation is 1. The van der Waals surface area contributed by atoms with Gasteiger partial charge in [0.25, 0.3) is 5.91 Å². The van der Waals surface area contributed by atoms with Gasteiger partial charge in [-0.05, 0) is 12.8 Å². The van der Waals surface area contributed by atoms with Gasteiger partial charge in [0.15, 0.2) is 11.5 Å². The summed E-state index contributed by atoms with van der Waals surface area (Å²) in [5, 5.41) is 12.4. The summed E-state index contributed by atoms with van der Waals surface area (Å²) in [5.74, 6) is -0.525. The van der Waals surface area contributed by atoms with Crippen LogP contribution in [0.2, 0.25) is 0 Å². The van der Waals surface area contributed by atoms with E-state index in [1.807, 2.05) is 6.42 Å². The Morgan fingerprint density at radius 2 is 2.26 bits per heavy atom. The highest BCUT2D eigenvalue weighted by atomic mass is 19.4. The molecule has 1 saturated heterocycles. The molecular weight excluding hydrogens is 315 g/mol. The van der Waals surface area contributed by atoms with Crippen LogP contribution in [-0.2, 0) is 18.0 Å². The molecule has 1 radical (unpaired) electrons. The van der Waals surface area contributed by atoms with Crippen LogP contribution in [0.1, 0.15) is 34.4 Å². The number of halogens is 3. The van der Waals surface area contributed by atoms with Crippen LogP contribution in [0.5, 0.6) is 0 Å². The topological polar surface area (TPSA) is 84.8 Å². The molecule has 3 heterocycles. The predicted octanol–water partition coefficient (Wildman–Crippen LogP) is 2.08. The zero-order chi connectivity index (χ0) is 16.6. The van der Waals surface area contributed by atoms with Crippen molar-refractivity contribution in [3.63, 3.8) is 0 Å². The lowest BCUT2D eigenvalue weighted by Gasteiger charge is -2.04. The van der Waals surface area contributed by atoms with Gasteiger partial charge in [-0.3, -0.25) is 14.6 Å². The van der Waals surface area contributed by atoms with E-state index in [2.05, 4.69) is 20.6 Å². The number of anilines is 1. The highest BCUT2D eigenvalue weighted by Gasteiger charge is 2.35. The molecule has 1 fully saturated rings. The summed E-state index contributed by atoms with van der Waals surface area (Å²) in [4.78, 5) is 12.1. The number of carbonyl (C=O) groups is 1. The van der Waals surface area contributed by atoms with Crippen molar-refractivity contribution in [1.82, 2.24) is 20.0 Å². The van der Waals surface area contributed by atoms with E-state index in [0.717, 1.165) is 11.1 Å². The summed E-state index contributed by atoms with van der Waals surface area (Å²) in [6.45, 7) is 0.542. The van der Waals surface area contributed by atoms with Crippen molar-refractivity contribution in [3.8, 4) is 0 Å². The fourth-order valence-electron chi connectivity index (χ4n) is 2.25. The van der Waals surface area contributed by atoms with Crippen LogP contribution in [0.3, 0.4) is 0 Å². The molecule has 0 saturated carbocycles. The summed E-state index contributed by atoms with van der Waals surface area (Å²) in [7, 11) is 1.27. The third kappa shape index (κ3) is 3.21. The smallest absolute Gasteiger partial charge is 0.372 e. The van der Waals surface area contributed by atoms with E-state index in [1.54, 1.807) is 6.07 Å². The molecule has 1 atom stereocenters. The number of nitrogens with zero attached hydrogens (tertiary/aromatic N) is 3. The van der Waals surface area contributed by atoms with Crippen LogP contribution in [0.4, 0.5) is 19.0 Å². The Balaban J connectivity index is 1.73. The highest BCUT2D eigenvalue weighted by molar-refractivity contribution is 6.02. The number of amides is 1. The summed E-state index contributed by atoms with van der Waals surface area (Å²) in [6.07, 6.45) is -2.06. The van der Waals surface area contributed by atoms with Crippen molar-refractivity contribution in [2.75, 3.05) is 11.9 Å². The first-order valence-corrected chi connectivity index (χ1v) is 6.76. The number of alkyl halides is 3. The van der Waals surface area contributed by atoms with Crippen LogP contribution in [0, 0.1) is 6.42 Å². The third-order valence-corrected chi connectivity index (χ3v) is 3.39. The van der Waals surface area contributed by atoms with Crippen molar-refractivity contribution in [1.29, 1.82) is 0 Å². The first-order valence-electron chi connectivity index (χ1n) is 6.76. The molecule has 3 rings (SSSR count). The maximum atomic E-state index is 12.6. The monoisotopic (exact) mass is 328 g/mol. The van der Waals surface area contributed by atoms with Gasteiger partial charge in [0.2, 0.25) is 0 Å². The number of hydrogen-bond donors (Lipinski definition) is 2. The lowest BCUT2D eigenvalue weighted by molar-refractivity contribution is -0.141. The second kappa shape index (κ2) is 5.69. The number of H-pyrrole nitrogens is 1. The fraction of sp³-hybridized carbons (Fsp3) is 0.385. The Bertz CT molecular complexity index is 716. The van der Waals surface area contributed by atoms with Crippen molar-refractivity contribution < 1.29 is 22.7 Å².